The first-order valence-corrected chi connectivity index (χ1v) is 9.13. The molecule has 1 aromatic heterocycles. The van der Waals surface area contributed by atoms with E-state index < -0.39 is 55.0 Å². The van der Waals surface area contributed by atoms with Gasteiger partial charge in [-0.25, -0.2) is 4.98 Å². The maximum Gasteiger partial charge on any atom is 0.322 e. The van der Waals surface area contributed by atoms with Crippen LogP contribution in [0.2, 0.25) is 0 Å². The van der Waals surface area contributed by atoms with Crippen LogP contribution >= 0.6 is 0 Å². The third kappa shape index (κ3) is 7.87. The Labute approximate surface area is 167 Å². The first kappa shape index (κ1) is 24.0. The molecule has 1 heterocycles. The van der Waals surface area contributed by atoms with Gasteiger partial charge in [0.15, 0.2) is 0 Å². The number of imidazole rings is 1. The highest BCUT2D eigenvalue weighted by molar-refractivity contribution is 5.93. The molecule has 29 heavy (non-hydrogen) atoms. The lowest BCUT2D eigenvalue weighted by Gasteiger charge is -2.27. The van der Waals surface area contributed by atoms with Crippen molar-refractivity contribution in [3.8, 4) is 0 Å². The number of aliphatic carboxylic acids is 1. The number of H-pyrrole nitrogens is 1. The number of carbonyl (C=O) groups excluding carboxylic acids is 3. The number of aromatic amines is 1. The van der Waals surface area contributed by atoms with Gasteiger partial charge >= 0.3 is 5.97 Å². The summed E-state index contributed by atoms with van der Waals surface area (Å²) in [5.74, 6) is -3.55. The SMILES string of the molecule is CCC(C)C(NC(=O)C(N)CO)C(=O)NC(Cc1cnc[nH]1)C(=O)NCC(=O)O. The van der Waals surface area contributed by atoms with Crippen LogP contribution in [0.4, 0.5) is 0 Å². The molecule has 0 saturated heterocycles. The second-order valence-corrected chi connectivity index (χ2v) is 6.61. The zero-order valence-electron chi connectivity index (χ0n) is 16.3. The van der Waals surface area contributed by atoms with Crippen molar-refractivity contribution in [2.45, 2.75) is 44.8 Å². The summed E-state index contributed by atoms with van der Waals surface area (Å²) in [5.41, 5.74) is 6.04. The molecule has 0 saturated carbocycles. The predicted octanol–water partition coefficient (Wildman–Crippen LogP) is -2.51. The van der Waals surface area contributed by atoms with Gasteiger partial charge in [-0.3, -0.25) is 19.2 Å². The molecule has 0 aromatic carbocycles. The molecule has 162 valence electrons. The third-order valence-electron chi connectivity index (χ3n) is 4.35. The minimum atomic E-state index is -1.23. The smallest absolute Gasteiger partial charge is 0.322 e. The summed E-state index contributed by atoms with van der Waals surface area (Å²) in [6.45, 7) is 2.37. The van der Waals surface area contributed by atoms with Crippen molar-refractivity contribution < 1.29 is 29.4 Å². The van der Waals surface area contributed by atoms with E-state index in [0.717, 1.165) is 0 Å². The van der Waals surface area contributed by atoms with Gasteiger partial charge in [0.1, 0.15) is 24.7 Å². The first-order chi connectivity index (χ1) is 13.7. The van der Waals surface area contributed by atoms with E-state index in [1.807, 2.05) is 6.92 Å². The van der Waals surface area contributed by atoms with Crippen molar-refractivity contribution >= 4 is 23.7 Å². The Bertz CT molecular complexity index is 695. The van der Waals surface area contributed by atoms with Gasteiger partial charge < -0.3 is 36.9 Å². The molecule has 1 rings (SSSR count). The molecule has 1 aromatic rings. The molecule has 12 heteroatoms. The maximum absolute atomic E-state index is 12.8. The Morgan fingerprint density at radius 3 is 2.41 bits per heavy atom. The number of nitrogens with one attached hydrogen (secondary N) is 4. The molecule has 8 N–H and O–H groups in total. The fourth-order valence-corrected chi connectivity index (χ4v) is 2.42. The van der Waals surface area contributed by atoms with Crippen molar-refractivity contribution in [1.29, 1.82) is 0 Å². The van der Waals surface area contributed by atoms with E-state index >= 15 is 0 Å². The monoisotopic (exact) mass is 412 g/mol. The van der Waals surface area contributed by atoms with Gasteiger partial charge in [-0.2, -0.15) is 0 Å². The molecule has 3 amide bonds. The fourth-order valence-electron chi connectivity index (χ4n) is 2.42. The van der Waals surface area contributed by atoms with E-state index in [9.17, 15) is 19.2 Å². The van der Waals surface area contributed by atoms with Crippen molar-refractivity contribution in [2.24, 2.45) is 11.7 Å². The molecule has 0 fully saturated rings. The number of hydrogen-bond donors (Lipinski definition) is 7. The van der Waals surface area contributed by atoms with Crippen LogP contribution in [-0.2, 0) is 25.6 Å². The molecular weight excluding hydrogens is 384 g/mol. The van der Waals surface area contributed by atoms with Crippen molar-refractivity contribution in [3.05, 3.63) is 18.2 Å². The van der Waals surface area contributed by atoms with E-state index in [0.29, 0.717) is 12.1 Å². The zero-order chi connectivity index (χ0) is 22.0. The minimum absolute atomic E-state index is 0.0362. The van der Waals surface area contributed by atoms with Gasteiger partial charge in [0, 0.05) is 18.3 Å². The summed E-state index contributed by atoms with van der Waals surface area (Å²) in [7, 11) is 0. The quantitative estimate of drug-likeness (QED) is 0.195. The molecule has 0 aliphatic rings. The van der Waals surface area contributed by atoms with Crippen LogP contribution in [0.25, 0.3) is 0 Å². The van der Waals surface area contributed by atoms with E-state index in [2.05, 4.69) is 25.9 Å². The number of amides is 3. The summed E-state index contributed by atoms with van der Waals surface area (Å²) in [6.07, 6.45) is 3.46. The lowest BCUT2D eigenvalue weighted by atomic mass is 9.97. The topological polar surface area (TPSA) is 200 Å². The summed E-state index contributed by atoms with van der Waals surface area (Å²) in [4.78, 5) is 54.6. The third-order valence-corrected chi connectivity index (χ3v) is 4.35. The van der Waals surface area contributed by atoms with Crippen molar-refractivity contribution in [3.63, 3.8) is 0 Å². The fraction of sp³-hybridized carbons (Fsp3) is 0.588. The Balaban J connectivity index is 2.95. The van der Waals surface area contributed by atoms with Crippen molar-refractivity contribution in [2.75, 3.05) is 13.2 Å². The molecule has 0 radical (unpaired) electrons. The largest absolute Gasteiger partial charge is 0.480 e. The lowest BCUT2D eigenvalue weighted by Crippen LogP contribution is -2.58. The molecule has 4 unspecified atom stereocenters. The number of aromatic nitrogens is 2. The van der Waals surface area contributed by atoms with E-state index in [4.69, 9.17) is 15.9 Å². The summed E-state index contributed by atoms with van der Waals surface area (Å²) in [5, 5.41) is 25.0. The summed E-state index contributed by atoms with van der Waals surface area (Å²) < 4.78 is 0. The first-order valence-electron chi connectivity index (χ1n) is 9.13. The van der Waals surface area contributed by atoms with E-state index in [1.54, 1.807) is 6.92 Å². The van der Waals surface area contributed by atoms with Crippen LogP contribution in [0.15, 0.2) is 12.5 Å². The van der Waals surface area contributed by atoms with Gasteiger partial charge in [-0.15, -0.1) is 0 Å². The van der Waals surface area contributed by atoms with Crippen LogP contribution < -0.4 is 21.7 Å². The average Bonchev–Trinajstić information content (AvgIpc) is 3.21. The van der Waals surface area contributed by atoms with Crippen LogP contribution in [-0.4, -0.2) is 75.1 Å². The highest BCUT2D eigenvalue weighted by Gasteiger charge is 2.31. The Morgan fingerprint density at radius 1 is 1.21 bits per heavy atom. The zero-order valence-corrected chi connectivity index (χ0v) is 16.3. The molecule has 12 nitrogen and oxygen atoms in total. The number of carbonyl (C=O) groups is 4. The van der Waals surface area contributed by atoms with Gasteiger partial charge in [-0.05, 0) is 5.92 Å². The van der Waals surface area contributed by atoms with Crippen LogP contribution in [0.1, 0.15) is 26.0 Å². The number of carboxylic acid groups (broad SMARTS) is 1. The molecule has 0 aliphatic heterocycles. The molecule has 0 spiro atoms. The predicted molar refractivity (Wildman–Crippen MR) is 101 cm³/mol. The van der Waals surface area contributed by atoms with E-state index in [-0.39, 0.29) is 12.3 Å². The molecule has 4 atom stereocenters. The highest BCUT2D eigenvalue weighted by atomic mass is 16.4. The van der Waals surface area contributed by atoms with Crippen molar-refractivity contribution in [1.82, 2.24) is 25.9 Å². The van der Waals surface area contributed by atoms with E-state index in [1.165, 1.54) is 12.5 Å². The number of aliphatic hydroxyl groups is 1. The highest BCUT2D eigenvalue weighted by Crippen LogP contribution is 2.09. The van der Waals surface area contributed by atoms with Crippen LogP contribution in [0, 0.1) is 5.92 Å². The van der Waals surface area contributed by atoms with Gasteiger partial charge in [0.25, 0.3) is 0 Å². The lowest BCUT2D eigenvalue weighted by molar-refractivity contribution is -0.138. The average molecular weight is 412 g/mol. The Hall–Kier alpha value is -2.99. The second-order valence-electron chi connectivity index (χ2n) is 6.61. The molecular formula is C17H28N6O6. The number of nitrogens with zero attached hydrogens (tertiary/aromatic N) is 1. The number of carboxylic acids is 1. The Kier molecular flexibility index (Phi) is 9.75. The van der Waals surface area contributed by atoms with Gasteiger partial charge in [-0.1, -0.05) is 20.3 Å². The maximum atomic E-state index is 12.8. The summed E-state index contributed by atoms with van der Waals surface area (Å²) >= 11 is 0. The second kappa shape index (κ2) is 11.8. The molecule has 0 aliphatic carbocycles. The van der Waals surface area contributed by atoms with Crippen LogP contribution in [0.5, 0.6) is 0 Å². The molecule has 0 bridgehead atoms. The van der Waals surface area contributed by atoms with Gasteiger partial charge in [0.05, 0.1) is 12.9 Å². The number of hydrogen-bond acceptors (Lipinski definition) is 7. The minimum Gasteiger partial charge on any atom is -0.480 e. The Morgan fingerprint density at radius 2 is 1.90 bits per heavy atom. The summed E-state index contributed by atoms with van der Waals surface area (Å²) in [6, 6.07) is -3.28. The standard InChI is InChI=1S/C17H28N6O6/c1-3-9(2)14(23-15(27)11(18)7-24)17(29)22-12(4-10-5-19-8-21-10)16(28)20-6-13(25)26/h5,8-9,11-12,14,24H,3-4,6-7,18H2,1-2H3,(H,19,21)(H,20,28)(H,22,29)(H,23,27)(H,25,26). The number of aliphatic hydroxyl groups excluding tert-OH is 1. The number of nitrogens with two attached hydrogens (primary N) is 1. The van der Waals surface area contributed by atoms with Gasteiger partial charge in [0.2, 0.25) is 17.7 Å². The van der Waals surface area contributed by atoms with Crippen LogP contribution in [0.3, 0.4) is 0 Å². The number of rotatable bonds is 12. The normalized spacial score (nSPS) is 14.9.